The van der Waals surface area contributed by atoms with Crippen molar-refractivity contribution in [2.45, 2.75) is 32.4 Å². The van der Waals surface area contributed by atoms with Crippen LogP contribution in [0.15, 0.2) is 18.2 Å². The summed E-state index contributed by atoms with van der Waals surface area (Å²) in [6.07, 6.45) is 0.968. The standard InChI is InChI=1S/C13H19Cl2NO/c1-4-13(16-9(2)8-17-3)11-6-5-10(14)7-12(11)15/h5-7,9,13,16H,4,8H2,1-3H3. The van der Waals surface area contributed by atoms with Crippen molar-refractivity contribution in [3.63, 3.8) is 0 Å². The molecular formula is C13H19Cl2NO. The maximum absolute atomic E-state index is 6.21. The molecule has 1 aromatic carbocycles. The van der Waals surface area contributed by atoms with Crippen molar-refractivity contribution < 1.29 is 4.74 Å². The van der Waals surface area contributed by atoms with E-state index in [1.54, 1.807) is 13.2 Å². The molecule has 0 amide bonds. The highest BCUT2D eigenvalue weighted by Crippen LogP contribution is 2.28. The monoisotopic (exact) mass is 275 g/mol. The summed E-state index contributed by atoms with van der Waals surface area (Å²) in [7, 11) is 1.70. The molecule has 1 rings (SSSR count). The van der Waals surface area contributed by atoms with Crippen molar-refractivity contribution in [3.8, 4) is 0 Å². The first-order chi connectivity index (χ1) is 8.08. The van der Waals surface area contributed by atoms with Crippen molar-refractivity contribution >= 4 is 23.2 Å². The van der Waals surface area contributed by atoms with Gasteiger partial charge in [-0.2, -0.15) is 0 Å². The second-order valence-corrected chi connectivity index (χ2v) is 4.99. The number of methoxy groups -OCH3 is 1. The van der Waals surface area contributed by atoms with Crippen molar-refractivity contribution in [2.75, 3.05) is 13.7 Å². The van der Waals surface area contributed by atoms with Crippen LogP contribution in [0.2, 0.25) is 10.0 Å². The van der Waals surface area contributed by atoms with E-state index in [0.717, 1.165) is 12.0 Å². The second kappa shape index (κ2) is 7.22. The average molecular weight is 276 g/mol. The fraction of sp³-hybridized carbons (Fsp3) is 0.538. The molecule has 0 aliphatic rings. The van der Waals surface area contributed by atoms with E-state index in [1.807, 2.05) is 12.1 Å². The number of ether oxygens (including phenoxy) is 1. The molecule has 2 atom stereocenters. The van der Waals surface area contributed by atoms with Gasteiger partial charge in [0.05, 0.1) is 6.61 Å². The molecule has 0 bridgehead atoms. The van der Waals surface area contributed by atoms with Gasteiger partial charge in [0, 0.05) is 29.2 Å². The highest BCUT2D eigenvalue weighted by atomic mass is 35.5. The van der Waals surface area contributed by atoms with Gasteiger partial charge in [0.25, 0.3) is 0 Å². The van der Waals surface area contributed by atoms with Crippen LogP contribution < -0.4 is 5.32 Å². The van der Waals surface area contributed by atoms with Gasteiger partial charge in [0.1, 0.15) is 0 Å². The van der Waals surface area contributed by atoms with E-state index in [2.05, 4.69) is 19.2 Å². The van der Waals surface area contributed by atoms with Crippen molar-refractivity contribution in [2.24, 2.45) is 0 Å². The minimum Gasteiger partial charge on any atom is -0.383 e. The van der Waals surface area contributed by atoms with E-state index in [-0.39, 0.29) is 12.1 Å². The molecule has 1 aromatic rings. The second-order valence-electron chi connectivity index (χ2n) is 4.15. The van der Waals surface area contributed by atoms with E-state index in [1.165, 1.54) is 0 Å². The molecule has 96 valence electrons. The Morgan fingerprint density at radius 3 is 2.59 bits per heavy atom. The number of nitrogens with one attached hydrogen (secondary N) is 1. The van der Waals surface area contributed by atoms with Crippen molar-refractivity contribution in [3.05, 3.63) is 33.8 Å². The summed E-state index contributed by atoms with van der Waals surface area (Å²) in [5.41, 5.74) is 1.08. The Morgan fingerprint density at radius 1 is 1.35 bits per heavy atom. The first-order valence-electron chi connectivity index (χ1n) is 5.78. The highest BCUT2D eigenvalue weighted by molar-refractivity contribution is 6.35. The van der Waals surface area contributed by atoms with Crippen LogP contribution in [-0.2, 0) is 4.74 Å². The number of benzene rings is 1. The van der Waals surface area contributed by atoms with Crippen LogP contribution in [0.1, 0.15) is 31.9 Å². The van der Waals surface area contributed by atoms with Crippen LogP contribution >= 0.6 is 23.2 Å². The first kappa shape index (κ1) is 14.8. The molecule has 0 aliphatic carbocycles. The zero-order valence-electron chi connectivity index (χ0n) is 10.5. The van der Waals surface area contributed by atoms with Crippen LogP contribution in [0.5, 0.6) is 0 Å². The predicted molar refractivity (Wildman–Crippen MR) is 74.0 cm³/mol. The third-order valence-corrected chi connectivity index (χ3v) is 3.21. The Labute approximate surface area is 113 Å². The lowest BCUT2D eigenvalue weighted by molar-refractivity contribution is 0.166. The topological polar surface area (TPSA) is 21.3 Å². The normalized spacial score (nSPS) is 14.6. The molecule has 2 nitrogen and oxygen atoms in total. The Kier molecular flexibility index (Phi) is 6.28. The van der Waals surface area contributed by atoms with Gasteiger partial charge in [-0.1, -0.05) is 36.2 Å². The Morgan fingerprint density at radius 2 is 2.06 bits per heavy atom. The van der Waals surface area contributed by atoms with E-state index in [0.29, 0.717) is 16.7 Å². The smallest absolute Gasteiger partial charge is 0.0613 e. The fourth-order valence-electron chi connectivity index (χ4n) is 1.85. The lowest BCUT2D eigenvalue weighted by Gasteiger charge is -2.23. The van der Waals surface area contributed by atoms with Gasteiger partial charge in [-0.05, 0) is 31.0 Å². The minimum absolute atomic E-state index is 0.227. The largest absolute Gasteiger partial charge is 0.383 e. The highest BCUT2D eigenvalue weighted by Gasteiger charge is 2.15. The van der Waals surface area contributed by atoms with Gasteiger partial charge in [-0.25, -0.2) is 0 Å². The van der Waals surface area contributed by atoms with Crippen molar-refractivity contribution in [1.82, 2.24) is 5.32 Å². The zero-order chi connectivity index (χ0) is 12.8. The molecule has 2 unspecified atom stereocenters. The van der Waals surface area contributed by atoms with E-state index in [9.17, 15) is 0 Å². The summed E-state index contributed by atoms with van der Waals surface area (Å²) in [4.78, 5) is 0. The van der Waals surface area contributed by atoms with Crippen LogP contribution in [0.25, 0.3) is 0 Å². The number of rotatable bonds is 6. The summed E-state index contributed by atoms with van der Waals surface area (Å²) < 4.78 is 5.12. The van der Waals surface area contributed by atoms with E-state index < -0.39 is 0 Å². The molecule has 0 saturated heterocycles. The SMILES string of the molecule is CCC(NC(C)COC)c1ccc(Cl)cc1Cl. The van der Waals surface area contributed by atoms with Gasteiger partial charge in [0.15, 0.2) is 0 Å². The first-order valence-corrected chi connectivity index (χ1v) is 6.54. The van der Waals surface area contributed by atoms with Crippen LogP contribution in [0.3, 0.4) is 0 Å². The van der Waals surface area contributed by atoms with E-state index >= 15 is 0 Å². The Hall–Kier alpha value is -0.280. The van der Waals surface area contributed by atoms with Crippen LogP contribution in [0, 0.1) is 0 Å². The minimum atomic E-state index is 0.227. The third kappa shape index (κ3) is 4.47. The Balaban J connectivity index is 2.79. The number of hydrogen-bond acceptors (Lipinski definition) is 2. The maximum atomic E-state index is 6.21. The molecule has 1 N–H and O–H groups in total. The molecular weight excluding hydrogens is 257 g/mol. The summed E-state index contributed by atoms with van der Waals surface area (Å²) in [5, 5.41) is 4.87. The summed E-state index contributed by atoms with van der Waals surface area (Å²) in [5.74, 6) is 0. The molecule has 0 heterocycles. The van der Waals surface area contributed by atoms with Gasteiger partial charge in [-0.15, -0.1) is 0 Å². The van der Waals surface area contributed by atoms with Gasteiger partial charge < -0.3 is 10.1 Å². The van der Waals surface area contributed by atoms with E-state index in [4.69, 9.17) is 27.9 Å². The molecule has 17 heavy (non-hydrogen) atoms. The molecule has 0 radical (unpaired) electrons. The lowest BCUT2D eigenvalue weighted by Crippen LogP contribution is -2.33. The maximum Gasteiger partial charge on any atom is 0.0613 e. The molecule has 0 fully saturated rings. The average Bonchev–Trinajstić information content (AvgIpc) is 2.27. The van der Waals surface area contributed by atoms with Crippen molar-refractivity contribution in [1.29, 1.82) is 0 Å². The fourth-order valence-corrected chi connectivity index (χ4v) is 2.39. The summed E-state index contributed by atoms with van der Waals surface area (Å²) >= 11 is 12.1. The molecule has 0 aromatic heterocycles. The zero-order valence-corrected chi connectivity index (χ0v) is 12.0. The van der Waals surface area contributed by atoms with Gasteiger partial charge in [0.2, 0.25) is 0 Å². The molecule has 0 saturated carbocycles. The van der Waals surface area contributed by atoms with Gasteiger partial charge >= 0.3 is 0 Å². The lowest BCUT2D eigenvalue weighted by atomic mass is 10.0. The molecule has 0 aliphatic heterocycles. The number of halogens is 2. The predicted octanol–water partition coefficient (Wildman–Crippen LogP) is 4.07. The number of hydrogen-bond donors (Lipinski definition) is 1. The summed E-state index contributed by atoms with van der Waals surface area (Å²) in [6, 6.07) is 6.14. The molecule has 0 spiro atoms. The molecule has 4 heteroatoms. The Bertz CT molecular complexity index is 357. The quantitative estimate of drug-likeness (QED) is 0.845. The van der Waals surface area contributed by atoms with Gasteiger partial charge in [-0.3, -0.25) is 0 Å². The van der Waals surface area contributed by atoms with Crippen LogP contribution in [0.4, 0.5) is 0 Å². The third-order valence-electron chi connectivity index (χ3n) is 2.65. The summed E-state index contributed by atoms with van der Waals surface area (Å²) in [6.45, 7) is 4.90. The van der Waals surface area contributed by atoms with Crippen LogP contribution in [-0.4, -0.2) is 19.8 Å².